The highest BCUT2D eigenvalue weighted by Crippen LogP contribution is 2.34. The van der Waals surface area contributed by atoms with Crippen LogP contribution in [-0.2, 0) is 4.79 Å². The Bertz CT molecular complexity index is 908. The molecule has 2 aromatic rings. The molecule has 0 unspecified atom stereocenters. The van der Waals surface area contributed by atoms with Crippen molar-refractivity contribution in [1.29, 1.82) is 0 Å². The number of carbonyl (C=O) groups excluding carboxylic acids is 1. The molecule has 1 aliphatic heterocycles. The third-order valence-corrected chi connectivity index (χ3v) is 5.21. The molecule has 1 aliphatic rings. The first-order chi connectivity index (χ1) is 12.5. The fourth-order valence-electron chi connectivity index (χ4n) is 2.41. The van der Waals surface area contributed by atoms with Gasteiger partial charge in [-0.2, -0.15) is 0 Å². The minimum absolute atomic E-state index is 0.167. The third kappa shape index (κ3) is 4.11. The Hall–Kier alpha value is -2.25. The number of aryl methyl sites for hydroxylation is 1. The van der Waals surface area contributed by atoms with E-state index in [1.54, 1.807) is 14.2 Å². The van der Waals surface area contributed by atoms with E-state index >= 15 is 0 Å². The summed E-state index contributed by atoms with van der Waals surface area (Å²) < 4.78 is 11.6. The number of rotatable bonds is 4. The second kappa shape index (κ2) is 7.97. The zero-order valence-electron chi connectivity index (χ0n) is 14.5. The summed E-state index contributed by atoms with van der Waals surface area (Å²) in [6.07, 6.45) is 1.83. The first-order valence-corrected chi connectivity index (χ1v) is 9.39. The fraction of sp³-hybridized carbons (Fsp3) is 0.158. The molecular formula is C19H17BrN2O3S. The molecule has 0 atom stereocenters. The summed E-state index contributed by atoms with van der Waals surface area (Å²) in [6, 6.07) is 11.3. The number of carbonyl (C=O) groups is 1. The molecule has 0 aliphatic carbocycles. The van der Waals surface area contributed by atoms with E-state index in [0.29, 0.717) is 21.6 Å². The van der Waals surface area contributed by atoms with Crippen molar-refractivity contribution in [1.82, 2.24) is 5.32 Å². The van der Waals surface area contributed by atoms with Crippen LogP contribution in [-0.4, -0.2) is 25.3 Å². The van der Waals surface area contributed by atoms with Crippen molar-refractivity contribution in [2.75, 3.05) is 14.2 Å². The third-order valence-electron chi connectivity index (χ3n) is 3.77. The lowest BCUT2D eigenvalue weighted by Crippen LogP contribution is -2.19. The van der Waals surface area contributed by atoms with Gasteiger partial charge < -0.3 is 14.8 Å². The average molecular weight is 433 g/mol. The largest absolute Gasteiger partial charge is 0.493 e. The number of amidine groups is 1. The van der Waals surface area contributed by atoms with Crippen molar-refractivity contribution in [2.45, 2.75) is 6.92 Å². The van der Waals surface area contributed by atoms with Crippen LogP contribution >= 0.6 is 27.7 Å². The minimum Gasteiger partial charge on any atom is -0.493 e. The van der Waals surface area contributed by atoms with E-state index in [0.717, 1.165) is 21.3 Å². The van der Waals surface area contributed by atoms with Gasteiger partial charge in [0.05, 0.1) is 24.8 Å². The first-order valence-electron chi connectivity index (χ1n) is 7.78. The van der Waals surface area contributed by atoms with Gasteiger partial charge >= 0.3 is 0 Å². The monoisotopic (exact) mass is 432 g/mol. The van der Waals surface area contributed by atoms with Crippen LogP contribution in [0.3, 0.4) is 0 Å². The van der Waals surface area contributed by atoms with Gasteiger partial charge in [-0.25, -0.2) is 4.99 Å². The van der Waals surface area contributed by atoms with E-state index < -0.39 is 0 Å². The number of halogens is 1. The molecule has 7 heteroatoms. The maximum absolute atomic E-state index is 12.3. The second-order valence-electron chi connectivity index (χ2n) is 5.52. The topological polar surface area (TPSA) is 59.9 Å². The molecule has 2 aromatic carbocycles. The summed E-state index contributed by atoms with van der Waals surface area (Å²) in [5.74, 6) is 1.12. The van der Waals surface area contributed by atoms with Gasteiger partial charge in [0.1, 0.15) is 0 Å². The fourth-order valence-corrected chi connectivity index (χ4v) is 3.50. The number of ether oxygens (including phenoxy) is 2. The standard InChI is InChI=1S/C19H17BrN2O3S/c1-11-8-15(24-2)16(25-3)9-12(11)10-17-18(23)22-19(26-17)21-14-6-4-13(20)5-7-14/h4-10H,1-3H3,(H,21,22,23)/b17-10-. The van der Waals surface area contributed by atoms with Crippen LogP contribution in [0.1, 0.15) is 11.1 Å². The molecule has 0 spiro atoms. The van der Waals surface area contributed by atoms with Crippen LogP contribution in [0.2, 0.25) is 0 Å². The van der Waals surface area contributed by atoms with Crippen LogP contribution in [0.15, 0.2) is 50.8 Å². The zero-order chi connectivity index (χ0) is 18.7. The van der Waals surface area contributed by atoms with Crippen molar-refractivity contribution in [3.05, 3.63) is 56.9 Å². The molecule has 1 amide bonds. The Balaban J connectivity index is 1.88. The normalized spacial score (nSPS) is 16.8. The van der Waals surface area contributed by atoms with Crippen molar-refractivity contribution in [2.24, 2.45) is 4.99 Å². The van der Waals surface area contributed by atoms with Gasteiger partial charge in [-0.1, -0.05) is 15.9 Å². The van der Waals surface area contributed by atoms with Gasteiger partial charge in [-0.3, -0.25) is 4.79 Å². The highest BCUT2D eigenvalue weighted by atomic mass is 79.9. The van der Waals surface area contributed by atoms with Crippen LogP contribution in [0, 0.1) is 6.92 Å². The lowest BCUT2D eigenvalue weighted by molar-refractivity contribution is -0.115. The highest BCUT2D eigenvalue weighted by Gasteiger charge is 2.24. The molecule has 0 radical (unpaired) electrons. The number of benzene rings is 2. The highest BCUT2D eigenvalue weighted by molar-refractivity contribution is 9.10. The molecule has 1 fully saturated rings. The SMILES string of the molecule is COc1cc(C)c(/C=C2\SC(=Nc3ccc(Br)cc3)NC2=O)cc1OC. The smallest absolute Gasteiger partial charge is 0.264 e. The number of nitrogens with zero attached hydrogens (tertiary/aromatic N) is 1. The lowest BCUT2D eigenvalue weighted by Gasteiger charge is -2.10. The second-order valence-corrected chi connectivity index (χ2v) is 7.47. The Morgan fingerprint density at radius 1 is 1.12 bits per heavy atom. The maximum atomic E-state index is 12.3. The van der Waals surface area contributed by atoms with Crippen molar-refractivity contribution >= 4 is 50.5 Å². The lowest BCUT2D eigenvalue weighted by atomic mass is 10.1. The quantitative estimate of drug-likeness (QED) is 0.713. The number of nitrogens with one attached hydrogen (secondary N) is 1. The Morgan fingerprint density at radius 3 is 2.42 bits per heavy atom. The molecule has 1 heterocycles. The van der Waals surface area contributed by atoms with Gasteiger partial charge in [0.2, 0.25) is 0 Å². The van der Waals surface area contributed by atoms with Crippen molar-refractivity contribution in [3.8, 4) is 11.5 Å². The molecule has 134 valence electrons. The van der Waals surface area contributed by atoms with Crippen LogP contribution < -0.4 is 14.8 Å². The number of hydrogen-bond donors (Lipinski definition) is 1. The molecule has 5 nitrogen and oxygen atoms in total. The van der Waals surface area contributed by atoms with Gasteiger partial charge in [0.25, 0.3) is 5.91 Å². The van der Waals surface area contributed by atoms with Gasteiger partial charge in [-0.15, -0.1) is 0 Å². The molecule has 0 saturated carbocycles. The minimum atomic E-state index is -0.167. The summed E-state index contributed by atoms with van der Waals surface area (Å²) in [6.45, 7) is 1.96. The average Bonchev–Trinajstić information content (AvgIpc) is 2.97. The van der Waals surface area contributed by atoms with E-state index in [1.165, 1.54) is 11.8 Å². The molecule has 1 N–H and O–H groups in total. The molecule has 1 saturated heterocycles. The number of thioether (sulfide) groups is 1. The van der Waals surface area contributed by atoms with E-state index in [9.17, 15) is 4.79 Å². The zero-order valence-corrected chi connectivity index (χ0v) is 16.9. The Morgan fingerprint density at radius 2 is 1.77 bits per heavy atom. The summed E-state index contributed by atoms with van der Waals surface area (Å²) >= 11 is 4.70. The van der Waals surface area contributed by atoms with E-state index in [4.69, 9.17) is 9.47 Å². The molecular weight excluding hydrogens is 416 g/mol. The van der Waals surface area contributed by atoms with Crippen molar-refractivity contribution < 1.29 is 14.3 Å². The van der Waals surface area contributed by atoms with Gasteiger partial charge in [-0.05, 0) is 72.3 Å². The van der Waals surface area contributed by atoms with Crippen LogP contribution in [0.5, 0.6) is 11.5 Å². The summed E-state index contributed by atoms with van der Waals surface area (Å²) in [4.78, 5) is 17.3. The summed E-state index contributed by atoms with van der Waals surface area (Å²) in [5.41, 5.74) is 2.66. The predicted octanol–water partition coefficient (Wildman–Crippen LogP) is 4.67. The van der Waals surface area contributed by atoms with Gasteiger partial charge in [0, 0.05) is 4.47 Å². The summed E-state index contributed by atoms with van der Waals surface area (Å²) in [5, 5.41) is 3.35. The van der Waals surface area contributed by atoms with Crippen LogP contribution in [0.25, 0.3) is 6.08 Å². The first kappa shape index (κ1) is 18.5. The van der Waals surface area contributed by atoms with Gasteiger partial charge in [0.15, 0.2) is 16.7 Å². The van der Waals surface area contributed by atoms with Crippen LogP contribution in [0.4, 0.5) is 5.69 Å². The van der Waals surface area contributed by atoms with Crippen molar-refractivity contribution in [3.63, 3.8) is 0 Å². The number of amides is 1. The number of methoxy groups -OCH3 is 2. The molecule has 3 rings (SSSR count). The number of hydrogen-bond acceptors (Lipinski definition) is 5. The Labute approximate surface area is 164 Å². The molecule has 0 aromatic heterocycles. The van der Waals surface area contributed by atoms with E-state index in [1.807, 2.05) is 49.4 Å². The Kier molecular flexibility index (Phi) is 5.68. The summed E-state index contributed by atoms with van der Waals surface area (Å²) in [7, 11) is 3.19. The van der Waals surface area contributed by atoms with E-state index in [-0.39, 0.29) is 5.91 Å². The predicted molar refractivity (Wildman–Crippen MR) is 109 cm³/mol. The van der Waals surface area contributed by atoms with E-state index in [2.05, 4.69) is 26.2 Å². The number of aliphatic imine (C=N–C) groups is 1. The molecule has 26 heavy (non-hydrogen) atoms. The maximum Gasteiger partial charge on any atom is 0.264 e. The molecule has 0 bridgehead atoms.